The van der Waals surface area contributed by atoms with E-state index in [4.69, 9.17) is 5.73 Å². The molecule has 3 rings (SSSR count). The molecular weight excluding hydrogens is 272 g/mol. The lowest BCUT2D eigenvalue weighted by molar-refractivity contribution is 0.573. The zero-order valence-electron chi connectivity index (χ0n) is 11.1. The van der Waals surface area contributed by atoms with Crippen molar-refractivity contribution in [2.45, 2.75) is 12.5 Å². The molecule has 1 unspecified atom stereocenters. The molecule has 0 spiro atoms. The molecule has 3 nitrogen and oxygen atoms in total. The summed E-state index contributed by atoms with van der Waals surface area (Å²) < 4.78 is 26.8. The van der Waals surface area contributed by atoms with Crippen LogP contribution >= 0.6 is 0 Å². The van der Waals surface area contributed by atoms with Gasteiger partial charge in [-0.05, 0) is 47.9 Å². The van der Waals surface area contributed by atoms with Crippen molar-refractivity contribution in [2.24, 2.45) is 5.73 Å². The Labute approximate surface area is 120 Å². The summed E-state index contributed by atoms with van der Waals surface area (Å²) in [5.41, 5.74) is 8.67. The van der Waals surface area contributed by atoms with Gasteiger partial charge in [-0.3, -0.25) is 9.97 Å². The van der Waals surface area contributed by atoms with E-state index in [0.29, 0.717) is 0 Å². The summed E-state index contributed by atoms with van der Waals surface area (Å²) >= 11 is 0. The van der Waals surface area contributed by atoms with Gasteiger partial charge in [0.1, 0.15) is 11.6 Å². The quantitative estimate of drug-likeness (QED) is 0.804. The number of nitrogens with zero attached hydrogens (tertiary/aromatic N) is 2. The van der Waals surface area contributed by atoms with Gasteiger partial charge in [-0.25, -0.2) is 8.78 Å². The normalized spacial score (nSPS) is 12.5. The van der Waals surface area contributed by atoms with E-state index in [1.165, 1.54) is 6.07 Å². The van der Waals surface area contributed by atoms with E-state index in [1.54, 1.807) is 12.4 Å². The van der Waals surface area contributed by atoms with E-state index < -0.39 is 17.7 Å². The van der Waals surface area contributed by atoms with E-state index in [-0.39, 0.29) is 12.0 Å². The highest BCUT2D eigenvalue weighted by molar-refractivity contribution is 5.74. The topological polar surface area (TPSA) is 51.8 Å². The fraction of sp³-hybridized carbons (Fsp3) is 0.125. The van der Waals surface area contributed by atoms with Gasteiger partial charge in [0.2, 0.25) is 0 Å². The maximum Gasteiger partial charge on any atom is 0.126 e. The third-order valence-electron chi connectivity index (χ3n) is 3.37. The molecule has 2 aromatic carbocycles. The Morgan fingerprint density at radius 3 is 2.52 bits per heavy atom. The maximum atomic E-state index is 13.7. The first-order valence-corrected chi connectivity index (χ1v) is 6.53. The van der Waals surface area contributed by atoms with Crippen molar-refractivity contribution >= 4 is 11.0 Å². The second-order valence-electron chi connectivity index (χ2n) is 4.85. The van der Waals surface area contributed by atoms with Crippen LogP contribution in [0, 0.1) is 11.6 Å². The summed E-state index contributed by atoms with van der Waals surface area (Å²) in [6.45, 7) is 0. The molecule has 3 aromatic rings. The standard InChI is InChI=1S/C16H13F2N3/c17-12-2-3-13(18)11(7-12)8-14(19)10-1-4-15-16(9-10)21-6-5-20-15/h1-7,9,14H,8,19H2. The second kappa shape index (κ2) is 5.54. The highest BCUT2D eigenvalue weighted by atomic mass is 19.1. The molecule has 0 amide bonds. The van der Waals surface area contributed by atoms with Crippen molar-refractivity contribution in [3.63, 3.8) is 0 Å². The number of halogens is 2. The van der Waals surface area contributed by atoms with E-state index in [1.807, 2.05) is 18.2 Å². The molecule has 1 aromatic heterocycles. The van der Waals surface area contributed by atoms with Crippen molar-refractivity contribution in [3.05, 3.63) is 71.6 Å². The molecule has 0 radical (unpaired) electrons. The fourth-order valence-electron chi connectivity index (χ4n) is 2.27. The third-order valence-corrected chi connectivity index (χ3v) is 3.37. The number of aromatic nitrogens is 2. The Balaban J connectivity index is 1.89. The minimum Gasteiger partial charge on any atom is -0.324 e. The van der Waals surface area contributed by atoms with Gasteiger partial charge >= 0.3 is 0 Å². The molecule has 21 heavy (non-hydrogen) atoms. The number of rotatable bonds is 3. The van der Waals surface area contributed by atoms with Gasteiger partial charge in [-0.15, -0.1) is 0 Å². The fourth-order valence-corrected chi connectivity index (χ4v) is 2.27. The summed E-state index contributed by atoms with van der Waals surface area (Å²) in [5.74, 6) is -0.921. The van der Waals surface area contributed by atoms with E-state index in [2.05, 4.69) is 9.97 Å². The highest BCUT2D eigenvalue weighted by Gasteiger charge is 2.12. The van der Waals surface area contributed by atoms with Gasteiger partial charge in [0.05, 0.1) is 11.0 Å². The van der Waals surface area contributed by atoms with Crippen molar-refractivity contribution < 1.29 is 8.78 Å². The summed E-state index contributed by atoms with van der Waals surface area (Å²) in [6.07, 6.45) is 3.43. The first-order valence-electron chi connectivity index (χ1n) is 6.53. The van der Waals surface area contributed by atoms with Crippen molar-refractivity contribution in [3.8, 4) is 0 Å². The lowest BCUT2D eigenvalue weighted by Gasteiger charge is -2.13. The van der Waals surface area contributed by atoms with Crippen LogP contribution in [0.1, 0.15) is 17.2 Å². The summed E-state index contributed by atoms with van der Waals surface area (Å²) in [4.78, 5) is 8.39. The minimum absolute atomic E-state index is 0.218. The van der Waals surface area contributed by atoms with Crippen LogP contribution in [0.5, 0.6) is 0 Å². The Bertz CT molecular complexity index is 789. The molecule has 2 N–H and O–H groups in total. The minimum atomic E-state index is -0.469. The predicted molar refractivity (Wildman–Crippen MR) is 76.5 cm³/mol. The number of benzene rings is 2. The number of nitrogens with two attached hydrogens (primary N) is 1. The van der Waals surface area contributed by atoms with Crippen LogP contribution in [0.25, 0.3) is 11.0 Å². The van der Waals surface area contributed by atoms with Gasteiger partial charge < -0.3 is 5.73 Å². The summed E-state index contributed by atoms with van der Waals surface area (Å²) in [7, 11) is 0. The van der Waals surface area contributed by atoms with Gasteiger partial charge in [-0.2, -0.15) is 0 Å². The Hall–Kier alpha value is -2.40. The van der Waals surface area contributed by atoms with E-state index in [9.17, 15) is 8.78 Å². The van der Waals surface area contributed by atoms with Crippen LogP contribution in [0.2, 0.25) is 0 Å². The smallest absolute Gasteiger partial charge is 0.126 e. The van der Waals surface area contributed by atoms with Crippen LogP contribution < -0.4 is 5.73 Å². The maximum absolute atomic E-state index is 13.7. The zero-order chi connectivity index (χ0) is 14.8. The predicted octanol–water partition coefficient (Wildman–Crippen LogP) is 3.15. The van der Waals surface area contributed by atoms with Gasteiger partial charge in [0.25, 0.3) is 0 Å². The average molecular weight is 285 g/mol. The number of hydrogen-bond donors (Lipinski definition) is 1. The van der Waals surface area contributed by atoms with Gasteiger partial charge in [0.15, 0.2) is 0 Å². The largest absolute Gasteiger partial charge is 0.324 e. The summed E-state index contributed by atoms with van der Waals surface area (Å²) in [5, 5.41) is 0. The third kappa shape index (κ3) is 2.87. The van der Waals surface area contributed by atoms with E-state index >= 15 is 0 Å². The number of hydrogen-bond acceptors (Lipinski definition) is 3. The first kappa shape index (κ1) is 13.6. The van der Waals surface area contributed by atoms with Gasteiger partial charge in [-0.1, -0.05) is 6.07 Å². The molecular formula is C16H13F2N3. The molecule has 5 heteroatoms. The molecule has 1 atom stereocenters. The Morgan fingerprint density at radius 2 is 1.71 bits per heavy atom. The highest BCUT2D eigenvalue weighted by Crippen LogP contribution is 2.21. The molecule has 1 heterocycles. The van der Waals surface area contributed by atoms with Crippen LogP contribution in [0.3, 0.4) is 0 Å². The van der Waals surface area contributed by atoms with Crippen LogP contribution in [-0.4, -0.2) is 9.97 Å². The SMILES string of the molecule is NC(Cc1cc(F)ccc1F)c1ccc2nccnc2c1. The second-order valence-corrected chi connectivity index (χ2v) is 4.85. The van der Waals surface area contributed by atoms with Crippen molar-refractivity contribution in [1.29, 1.82) is 0 Å². The van der Waals surface area contributed by atoms with Crippen LogP contribution in [0.15, 0.2) is 48.8 Å². The van der Waals surface area contributed by atoms with Gasteiger partial charge in [0, 0.05) is 18.4 Å². The van der Waals surface area contributed by atoms with Crippen LogP contribution in [-0.2, 0) is 6.42 Å². The van der Waals surface area contributed by atoms with Crippen molar-refractivity contribution in [2.75, 3.05) is 0 Å². The molecule has 0 saturated carbocycles. The molecule has 0 fully saturated rings. The number of fused-ring (bicyclic) bond motifs is 1. The van der Waals surface area contributed by atoms with Crippen LogP contribution in [0.4, 0.5) is 8.78 Å². The monoisotopic (exact) mass is 285 g/mol. The molecule has 0 aliphatic rings. The van der Waals surface area contributed by atoms with Crippen molar-refractivity contribution in [1.82, 2.24) is 9.97 Å². The van der Waals surface area contributed by atoms with E-state index in [0.717, 1.165) is 28.7 Å². The Kier molecular flexibility index (Phi) is 3.58. The zero-order valence-corrected chi connectivity index (χ0v) is 11.1. The molecule has 0 bridgehead atoms. The summed E-state index contributed by atoms with van der Waals surface area (Å²) in [6, 6.07) is 8.42. The molecule has 0 saturated heterocycles. The molecule has 106 valence electrons. The molecule has 0 aliphatic carbocycles. The average Bonchev–Trinajstić information content (AvgIpc) is 2.50. The first-order chi connectivity index (χ1) is 10.1. The molecule has 0 aliphatic heterocycles. The Morgan fingerprint density at radius 1 is 0.952 bits per heavy atom. The lowest BCUT2D eigenvalue weighted by atomic mass is 9.99. The lowest BCUT2D eigenvalue weighted by Crippen LogP contribution is -2.14.